The van der Waals surface area contributed by atoms with E-state index < -0.39 is 5.92 Å². The molecule has 204 valence electrons. The number of Topliss-reactive ketones (excluding diaryl/α,β-unsaturated/α-hetero) is 1. The number of ketones is 1. The van der Waals surface area contributed by atoms with E-state index in [4.69, 9.17) is 5.73 Å². The van der Waals surface area contributed by atoms with Crippen LogP contribution in [0.25, 0.3) is 0 Å². The van der Waals surface area contributed by atoms with Crippen LogP contribution < -0.4 is 10.6 Å². The van der Waals surface area contributed by atoms with E-state index in [9.17, 15) is 10.1 Å². The van der Waals surface area contributed by atoms with Crippen LogP contribution in [0.4, 0.5) is 5.69 Å². The fourth-order valence-electron chi connectivity index (χ4n) is 5.96. The number of allylic oxidation sites excluding steroid dienone is 3. The average Bonchev–Trinajstić information content (AvgIpc) is 2.89. The average molecular weight is 660 g/mol. The van der Waals surface area contributed by atoms with E-state index >= 15 is 0 Å². The molecule has 1 aliphatic heterocycles. The Morgan fingerprint density at radius 1 is 1.02 bits per heavy atom. The molecule has 6 heteroatoms. The van der Waals surface area contributed by atoms with E-state index in [1.54, 1.807) is 0 Å². The molecule has 1 heterocycles. The van der Waals surface area contributed by atoms with Gasteiger partial charge in [-0.25, -0.2) is 0 Å². The summed E-state index contributed by atoms with van der Waals surface area (Å²) in [6.45, 7) is 10.6. The number of nitriles is 1. The van der Waals surface area contributed by atoms with Crippen molar-refractivity contribution < 1.29 is 4.79 Å². The molecular formula is C34H34IN3OS. The molecule has 5 rings (SSSR count). The van der Waals surface area contributed by atoms with Crippen LogP contribution in [0.15, 0.2) is 88.2 Å². The molecule has 0 saturated heterocycles. The number of nitrogens with two attached hydrogens (primary N) is 1. The highest BCUT2D eigenvalue weighted by Crippen LogP contribution is 2.51. The van der Waals surface area contributed by atoms with Gasteiger partial charge in [0, 0.05) is 37.6 Å². The van der Waals surface area contributed by atoms with Gasteiger partial charge in [0.2, 0.25) is 0 Å². The SMILES string of the molecule is Cc1cc(C)c(C2C(C#N)=C(N)N(c3ccc(I)cc3)C3=C2C(=O)CC(C)(C)C3)cc1CSc1ccccc1C. The van der Waals surface area contributed by atoms with Gasteiger partial charge >= 0.3 is 0 Å². The summed E-state index contributed by atoms with van der Waals surface area (Å²) in [6, 6.07) is 23.3. The number of hydrogen-bond acceptors (Lipinski definition) is 5. The van der Waals surface area contributed by atoms with E-state index in [2.05, 4.69) is 99.7 Å². The normalized spacial score (nSPS) is 18.6. The van der Waals surface area contributed by atoms with Gasteiger partial charge in [-0.3, -0.25) is 9.69 Å². The highest BCUT2D eigenvalue weighted by atomic mass is 127. The lowest BCUT2D eigenvalue weighted by Crippen LogP contribution is -2.42. The molecule has 0 radical (unpaired) electrons. The summed E-state index contributed by atoms with van der Waals surface area (Å²) < 4.78 is 1.11. The number of halogens is 1. The van der Waals surface area contributed by atoms with Crippen LogP contribution in [0.3, 0.4) is 0 Å². The highest BCUT2D eigenvalue weighted by Gasteiger charge is 2.45. The van der Waals surface area contributed by atoms with Gasteiger partial charge in [-0.2, -0.15) is 5.26 Å². The summed E-state index contributed by atoms with van der Waals surface area (Å²) >= 11 is 4.10. The summed E-state index contributed by atoms with van der Waals surface area (Å²) in [4.78, 5) is 17.2. The van der Waals surface area contributed by atoms with Crippen molar-refractivity contribution in [2.45, 2.75) is 64.0 Å². The minimum absolute atomic E-state index is 0.0998. The second-order valence-electron chi connectivity index (χ2n) is 11.6. The van der Waals surface area contributed by atoms with Crippen molar-refractivity contribution in [2.75, 3.05) is 4.90 Å². The van der Waals surface area contributed by atoms with E-state index in [0.717, 1.165) is 31.8 Å². The van der Waals surface area contributed by atoms with E-state index in [1.165, 1.54) is 21.6 Å². The minimum atomic E-state index is -0.480. The van der Waals surface area contributed by atoms with Crippen LogP contribution in [-0.4, -0.2) is 5.78 Å². The fraction of sp³-hybridized carbons (Fsp3) is 0.294. The van der Waals surface area contributed by atoms with Crippen molar-refractivity contribution in [3.63, 3.8) is 0 Å². The Hall–Kier alpha value is -3.02. The molecule has 4 nitrogen and oxygen atoms in total. The molecule has 0 bridgehead atoms. The lowest BCUT2D eigenvalue weighted by molar-refractivity contribution is -0.118. The lowest BCUT2D eigenvalue weighted by atomic mass is 9.68. The first kappa shape index (κ1) is 28.5. The van der Waals surface area contributed by atoms with Crippen molar-refractivity contribution in [3.05, 3.63) is 115 Å². The summed E-state index contributed by atoms with van der Waals surface area (Å²) in [6.07, 6.45) is 1.15. The van der Waals surface area contributed by atoms with Crippen LogP contribution >= 0.6 is 34.4 Å². The molecule has 40 heavy (non-hydrogen) atoms. The van der Waals surface area contributed by atoms with Crippen molar-refractivity contribution in [1.29, 1.82) is 5.26 Å². The topological polar surface area (TPSA) is 70.1 Å². The third-order valence-corrected chi connectivity index (χ3v) is 9.92. The van der Waals surface area contributed by atoms with Crippen LogP contribution in [-0.2, 0) is 10.5 Å². The number of benzene rings is 3. The summed E-state index contributed by atoms with van der Waals surface area (Å²) in [7, 11) is 0. The molecule has 3 aromatic rings. The van der Waals surface area contributed by atoms with Gasteiger partial charge in [0.15, 0.2) is 5.78 Å². The number of thioether (sulfide) groups is 1. The number of carbonyl (C=O) groups excluding carboxylic acids is 1. The Balaban J connectivity index is 1.66. The predicted octanol–water partition coefficient (Wildman–Crippen LogP) is 8.45. The smallest absolute Gasteiger partial charge is 0.162 e. The molecule has 3 aromatic carbocycles. The number of carbonyl (C=O) groups is 1. The number of nitrogens with zero attached hydrogens (tertiary/aromatic N) is 2. The highest BCUT2D eigenvalue weighted by molar-refractivity contribution is 14.1. The third kappa shape index (κ3) is 5.34. The van der Waals surface area contributed by atoms with Crippen LogP contribution in [0, 0.1) is 41.1 Å². The van der Waals surface area contributed by atoms with Gasteiger partial charge in [-0.15, -0.1) is 11.8 Å². The minimum Gasteiger partial charge on any atom is -0.384 e. The van der Waals surface area contributed by atoms with Crippen LogP contribution in [0.2, 0.25) is 0 Å². The van der Waals surface area contributed by atoms with Gasteiger partial charge in [0.1, 0.15) is 5.82 Å². The first-order valence-electron chi connectivity index (χ1n) is 13.5. The molecule has 1 atom stereocenters. The molecule has 0 saturated carbocycles. The Kier molecular flexibility index (Phi) is 7.91. The van der Waals surface area contributed by atoms with Gasteiger partial charge in [-0.05, 0) is 113 Å². The number of hydrogen-bond donors (Lipinski definition) is 1. The largest absolute Gasteiger partial charge is 0.384 e. The first-order valence-corrected chi connectivity index (χ1v) is 15.6. The lowest BCUT2D eigenvalue weighted by Gasteiger charge is -2.44. The molecule has 2 N–H and O–H groups in total. The Morgan fingerprint density at radius 2 is 1.73 bits per heavy atom. The third-order valence-electron chi connectivity index (χ3n) is 7.98. The van der Waals surface area contributed by atoms with E-state index in [0.29, 0.717) is 29.8 Å². The van der Waals surface area contributed by atoms with E-state index in [1.807, 2.05) is 40.9 Å². The van der Waals surface area contributed by atoms with E-state index in [-0.39, 0.29) is 11.2 Å². The zero-order valence-corrected chi connectivity index (χ0v) is 26.6. The molecule has 1 unspecified atom stereocenters. The molecular weight excluding hydrogens is 625 g/mol. The van der Waals surface area contributed by atoms with Crippen molar-refractivity contribution in [2.24, 2.45) is 11.1 Å². The van der Waals surface area contributed by atoms with Crippen LogP contribution in [0.1, 0.15) is 60.4 Å². The molecule has 0 spiro atoms. The standard InChI is InChI=1S/C34H34IN3OS/c1-20-8-6-7-9-30(20)40-19-23-15-26(22(3)14-21(23)2)31-27(18-36)33(37)38(25-12-10-24(35)11-13-25)28-16-34(4,5)17-29(39)32(28)31/h6-15,31H,16-17,19,37H2,1-5H3. The Labute approximate surface area is 255 Å². The van der Waals surface area contributed by atoms with Crippen molar-refractivity contribution in [1.82, 2.24) is 0 Å². The van der Waals surface area contributed by atoms with Crippen molar-refractivity contribution >= 4 is 45.8 Å². The maximum Gasteiger partial charge on any atom is 0.162 e. The molecule has 0 amide bonds. The van der Waals surface area contributed by atoms with Gasteiger partial charge in [0.25, 0.3) is 0 Å². The zero-order chi connectivity index (χ0) is 28.8. The van der Waals surface area contributed by atoms with Gasteiger partial charge < -0.3 is 5.73 Å². The molecule has 0 aromatic heterocycles. The summed E-state index contributed by atoms with van der Waals surface area (Å²) in [5, 5.41) is 10.5. The van der Waals surface area contributed by atoms with Crippen LogP contribution in [0.5, 0.6) is 0 Å². The summed E-state index contributed by atoms with van der Waals surface area (Å²) in [5.74, 6) is 0.836. The summed E-state index contributed by atoms with van der Waals surface area (Å²) in [5.41, 5.74) is 15.3. The number of rotatable bonds is 5. The molecule has 0 fully saturated rings. The fourth-order valence-corrected chi connectivity index (χ4v) is 7.41. The molecule has 2 aliphatic rings. The quantitative estimate of drug-likeness (QED) is 0.220. The second-order valence-corrected chi connectivity index (χ2v) is 13.9. The first-order chi connectivity index (χ1) is 19.0. The Bertz CT molecular complexity index is 1610. The van der Waals surface area contributed by atoms with Gasteiger partial charge in [-0.1, -0.05) is 44.2 Å². The van der Waals surface area contributed by atoms with Gasteiger partial charge in [0.05, 0.1) is 17.6 Å². The zero-order valence-electron chi connectivity index (χ0n) is 23.6. The second kappa shape index (κ2) is 11.1. The Morgan fingerprint density at radius 3 is 2.40 bits per heavy atom. The monoisotopic (exact) mass is 659 g/mol. The van der Waals surface area contributed by atoms with Crippen molar-refractivity contribution in [3.8, 4) is 6.07 Å². The maximum atomic E-state index is 14.0. The predicted molar refractivity (Wildman–Crippen MR) is 173 cm³/mol. The number of aryl methyl sites for hydroxylation is 3. The molecule has 1 aliphatic carbocycles. The number of anilines is 1. The maximum absolute atomic E-state index is 14.0.